The summed E-state index contributed by atoms with van der Waals surface area (Å²) in [4.78, 5) is 0. The van der Waals surface area contributed by atoms with Crippen molar-refractivity contribution in [1.82, 2.24) is 10.2 Å². The Hall–Kier alpha value is -1.12. The van der Waals surface area contributed by atoms with Crippen LogP contribution in [0.15, 0.2) is 18.3 Å². The fourth-order valence-corrected chi connectivity index (χ4v) is 0.897. The minimum atomic E-state index is 0.655. The summed E-state index contributed by atoms with van der Waals surface area (Å²) < 4.78 is 0. The maximum absolute atomic E-state index is 3.95. The second kappa shape index (κ2) is 4.80. The highest BCUT2D eigenvalue weighted by Crippen LogP contribution is 2.10. The third-order valence-electron chi connectivity index (χ3n) is 2.32. The smallest absolute Gasteiger partial charge is 0.148 e. The number of rotatable bonds is 4. The molecule has 1 heterocycles. The highest BCUT2D eigenvalue weighted by molar-refractivity contribution is 5.31. The number of nitrogens with zero attached hydrogens (tertiary/aromatic N) is 2. The van der Waals surface area contributed by atoms with Gasteiger partial charge >= 0.3 is 0 Å². The lowest BCUT2D eigenvalue weighted by molar-refractivity contribution is 0.439. The molecule has 0 aliphatic rings. The van der Waals surface area contributed by atoms with Crippen molar-refractivity contribution in [2.45, 2.75) is 20.8 Å². The van der Waals surface area contributed by atoms with Gasteiger partial charge in [0.1, 0.15) is 5.82 Å². The molecule has 0 radical (unpaired) electrons. The van der Waals surface area contributed by atoms with Crippen LogP contribution in [0.4, 0.5) is 5.82 Å². The summed E-state index contributed by atoms with van der Waals surface area (Å²) in [5, 5.41) is 11.0. The Labute approximate surface area is 79.6 Å². The van der Waals surface area contributed by atoms with Crippen molar-refractivity contribution in [3.8, 4) is 0 Å². The van der Waals surface area contributed by atoms with Crippen molar-refractivity contribution >= 4 is 5.82 Å². The lowest BCUT2D eigenvalue weighted by Crippen LogP contribution is -2.16. The Morgan fingerprint density at radius 1 is 1.38 bits per heavy atom. The molecule has 13 heavy (non-hydrogen) atoms. The van der Waals surface area contributed by atoms with E-state index in [2.05, 4.69) is 36.3 Å². The zero-order chi connectivity index (χ0) is 9.68. The first-order valence-corrected chi connectivity index (χ1v) is 4.71. The van der Waals surface area contributed by atoms with Gasteiger partial charge in [0.05, 0.1) is 0 Å². The van der Waals surface area contributed by atoms with Crippen molar-refractivity contribution in [3.05, 3.63) is 18.3 Å². The molecule has 3 heteroatoms. The van der Waals surface area contributed by atoms with Gasteiger partial charge in [0, 0.05) is 12.7 Å². The van der Waals surface area contributed by atoms with Crippen LogP contribution in [0.3, 0.4) is 0 Å². The minimum Gasteiger partial charge on any atom is -0.368 e. The number of nitrogens with one attached hydrogen (secondary N) is 1. The van der Waals surface area contributed by atoms with Crippen LogP contribution < -0.4 is 5.32 Å². The molecule has 1 aromatic rings. The van der Waals surface area contributed by atoms with Crippen LogP contribution in [-0.4, -0.2) is 16.7 Å². The molecule has 0 aromatic carbocycles. The zero-order valence-corrected chi connectivity index (χ0v) is 8.49. The Balaban J connectivity index is 2.35. The highest BCUT2D eigenvalue weighted by Gasteiger charge is 2.06. The molecule has 0 saturated carbocycles. The van der Waals surface area contributed by atoms with E-state index in [1.54, 1.807) is 6.20 Å². The van der Waals surface area contributed by atoms with Gasteiger partial charge < -0.3 is 5.32 Å². The van der Waals surface area contributed by atoms with Gasteiger partial charge in [-0.25, -0.2) is 0 Å². The molecule has 0 spiro atoms. The molecule has 3 nitrogen and oxygen atoms in total. The minimum absolute atomic E-state index is 0.655. The van der Waals surface area contributed by atoms with Crippen LogP contribution in [0.5, 0.6) is 0 Å². The molecule has 1 aromatic heterocycles. The van der Waals surface area contributed by atoms with Gasteiger partial charge in [-0.1, -0.05) is 20.8 Å². The molecule has 1 unspecified atom stereocenters. The van der Waals surface area contributed by atoms with Crippen LogP contribution in [0.25, 0.3) is 0 Å². The van der Waals surface area contributed by atoms with Crippen molar-refractivity contribution in [3.63, 3.8) is 0 Å². The first-order chi connectivity index (χ1) is 6.20. The molecule has 0 fully saturated rings. The molecule has 1 rings (SSSR count). The van der Waals surface area contributed by atoms with Gasteiger partial charge in [-0.3, -0.25) is 0 Å². The normalized spacial score (nSPS) is 12.9. The maximum Gasteiger partial charge on any atom is 0.148 e. The van der Waals surface area contributed by atoms with Gasteiger partial charge in [0.25, 0.3) is 0 Å². The Morgan fingerprint density at radius 2 is 2.15 bits per heavy atom. The van der Waals surface area contributed by atoms with Gasteiger partial charge in [-0.2, -0.15) is 5.10 Å². The zero-order valence-electron chi connectivity index (χ0n) is 8.49. The summed E-state index contributed by atoms with van der Waals surface area (Å²) in [7, 11) is 0. The molecule has 1 atom stereocenters. The summed E-state index contributed by atoms with van der Waals surface area (Å²) in [6.07, 6.45) is 1.68. The summed E-state index contributed by atoms with van der Waals surface area (Å²) in [6.45, 7) is 7.64. The Morgan fingerprint density at radius 3 is 2.69 bits per heavy atom. The molecule has 0 aliphatic carbocycles. The lowest BCUT2D eigenvalue weighted by atomic mass is 9.98. The SMILES string of the molecule is CC(C)C(C)CNc1cccnn1. The van der Waals surface area contributed by atoms with Crippen molar-refractivity contribution < 1.29 is 0 Å². The van der Waals surface area contributed by atoms with Crippen LogP contribution in [-0.2, 0) is 0 Å². The summed E-state index contributed by atoms with van der Waals surface area (Å²) >= 11 is 0. The molecular weight excluding hydrogens is 162 g/mol. The van der Waals surface area contributed by atoms with Crippen molar-refractivity contribution in [2.24, 2.45) is 11.8 Å². The fraction of sp³-hybridized carbons (Fsp3) is 0.600. The number of aromatic nitrogens is 2. The average molecular weight is 179 g/mol. The van der Waals surface area contributed by atoms with Crippen LogP contribution in [0.2, 0.25) is 0 Å². The second-order valence-corrected chi connectivity index (χ2v) is 3.71. The molecule has 0 aliphatic heterocycles. The third kappa shape index (κ3) is 3.40. The quantitative estimate of drug-likeness (QED) is 0.769. The van der Waals surface area contributed by atoms with E-state index in [0.717, 1.165) is 12.4 Å². The van der Waals surface area contributed by atoms with E-state index in [0.29, 0.717) is 11.8 Å². The van der Waals surface area contributed by atoms with Crippen LogP contribution in [0.1, 0.15) is 20.8 Å². The van der Waals surface area contributed by atoms with E-state index in [1.165, 1.54) is 0 Å². The molecule has 0 amide bonds. The van der Waals surface area contributed by atoms with Gasteiger partial charge in [-0.05, 0) is 24.0 Å². The number of hydrogen-bond acceptors (Lipinski definition) is 3. The number of anilines is 1. The van der Waals surface area contributed by atoms with Crippen LogP contribution in [0, 0.1) is 11.8 Å². The van der Waals surface area contributed by atoms with Crippen molar-refractivity contribution in [1.29, 1.82) is 0 Å². The van der Waals surface area contributed by atoms with E-state index in [1.807, 2.05) is 12.1 Å². The van der Waals surface area contributed by atoms with Gasteiger partial charge in [0.15, 0.2) is 0 Å². The first kappa shape index (κ1) is 9.96. The summed E-state index contributed by atoms with van der Waals surface area (Å²) in [5.41, 5.74) is 0. The summed E-state index contributed by atoms with van der Waals surface area (Å²) in [6, 6.07) is 3.81. The maximum atomic E-state index is 3.95. The topological polar surface area (TPSA) is 37.8 Å². The second-order valence-electron chi connectivity index (χ2n) is 3.71. The highest BCUT2D eigenvalue weighted by atomic mass is 15.2. The van der Waals surface area contributed by atoms with E-state index in [-0.39, 0.29) is 0 Å². The molecule has 0 saturated heterocycles. The largest absolute Gasteiger partial charge is 0.368 e. The first-order valence-electron chi connectivity index (χ1n) is 4.71. The Bertz CT molecular complexity index is 233. The van der Waals surface area contributed by atoms with Crippen molar-refractivity contribution in [2.75, 3.05) is 11.9 Å². The van der Waals surface area contributed by atoms with Crippen LogP contribution >= 0.6 is 0 Å². The summed E-state index contributed by atoms with van der Waals surface area (Å²) in [5.74, 6) is 2.21. The van der Waals surface area contributed by atoms with Gasteiger partial charge in [-0.15, -0.1) is 5.10 Å². The number of hydrogen-bond donors (Lipinski definition) is 1. The van der Waals surface area contributed by atoms with E-state index in [4.69, 9.17) is 0 Å². The lowest BCUT2D eigenvalue weighted by Gasteiger charge is -2.15. The van der Waals surface area contributed by atoms with E-state index >= 15 is 0 Å². The predicted molar refractivity (Wildman–Crippen MR) is 54.5 cm³/mol. The van der Waals surface area contributed by atoms with E-state index in [9.17, 15) is 0 Å². The molecular formula is C10H17N3. The average Bonchev–Trinajstić information content (AvgIpc) is 2.15. The fourth-order valence-electron chi connectivity index (χ4n) is 0.897. The standard InChI is InChI=1S/C10H17N3/c1-8(2)9(3)7-11-10-5-4-6-12-13-10/h4-6,8-9H,7H2,1-3H3,(H,11,13). The molecule has 1 N–H and O–H groups in total. The Kier molecular flexibility index (Phi) is 3.68. The van der Waals surface area contributed by atoms with E-state index < -0.39 is 0 Å². The van der Waals surface area contributed by atoms with Gasteiger partial charge in [0.2, 0.25) is 0 Å². The third-order valence-corrected chi connectivity index (χ3v) is 2.32. The monoisotopic (exact) mass is 179 g/mol. The molecule has 72 valence electrons. The predicted octanol–water partition coefficient (Wildman–Crippen LogP) is 2.18. The molecule has 0 bridgehead atoms.